The number of halogens is 3. The highest BCUT2D eigenvalue weighted by molar-refractivity contribution is 5.83. The Hall–Kier alpha value is -1.31. The highest BCUT2D eigenvalue weighted by Gasteiger charge is 2.41. The minimum absolute atomic E-state index is 0.248. The van der Waals surface area contributed by atoms with Crippen LogP contribution in [-0.2, 0) is 14.3 Å². The number of piperidine rings is 1. The monoisotopic (exact) mass is 310 g/mol. The van der Waals surface area contributed by atoms with Gasteiger partial charge in [0, 0.05) is 13.1 Å². The third-order valence-electron chi connectivity index (χ3n) is 3.58. The number of hydrogen-bond acceptors (Lipinski definition) is 4. The number of alkyl halides is 3. The van der Waals surface area contributed by atoms with Crippen molar-refractivity contribution in [1.29, 1.82) is 0 Å². The first-order valence-electron chi connectivity index (χ1n) is 6.81. The quantitative estimate of drug-likeness (QED) is 0.778. The van der Waals surface area contributed by atoms with Gasteiger partial charge in [-0.3, -0.25) is 9.59 Å². The molecule has 0 aromatic heterocycles. The summed E-state index contributed by atoms with van der Waals surface area (Å²) in [5.74, 6) is -1.21. The summed E-state index contributed by atoms with van der Waals surface area (Å²) in [5, 5.41) is 3.03. The van der Waals surface area contributed by atoms with Gasteiger partial charge in [0.2, 0.25) is 5.91 Å². The predicted octanol–water partition coefficient (Wildman–Crippen LogP) is 1.33. The van der Waals surface area contributed by atoms with Crippen LogP contribution in [0.15, 0.2) is 0 Å². The second kappa shape index (κ2) is 7.11. The lowest BCUT2D eigenvalue weighted by Crippen LogP contribution is -2.52. The lowest BCUT2D eigenvalue weighted by Gasteiger charge is -2.37. The highest BCUT2D eigenvalue weighted by Crippen LogP contribution is 2.29. The molecule has 0 saturated carbocycles. The number of nitrogens with zero attached hydrogens (tertiary/aromatic N) is 1. The van der Waals surface area contributed by atoms with E-state index >= 15 is 0 Å². The Balaban J connectivity index is 2.78. The number of ether oxygens (including phenoxy) is 1. The van der Waals surface area contributed by atoms with Crippen LogP contribution in [0.5, 0.6) is 0 Å². The zero-order chi connectivity index (χ0) is 16.1. The zero-order valence-electron chi connectivity index (χ0n) is 12.3. The first-order valence-corrected chi connectivity index (χ1v) is 6.81. The molecule has 21 heavy (non-hydrogen) atoms. The molecule has 0 aliphatic carbocycles. The Labute approximate surface area is 121 Å². The maximum absolute atomic E-state index is 12.6. The van der Waals surface area contributed by atoms with Crippen LogP contribution < -0.4 is 5.32 Å². The number of carbonyl (C=O) groups is 2. The predicted molar refractivity (Wildman–Crippen MR) is 69.5 cm³/mol. The van der Waals surface area contributed by atoms with Crippen LogP contribution in [-0.4, -0.2) is 56.2 Å². The van der Waals surface area contributed by atoms with Gasteiger partial charge in [-0.2, -0.15) is 13.2 Å². The van der Waals surface area contributed by atoms with Crippen LogP contribution in [0.1, 0.15) is 26.2 Å². The molecule has 1 fully saturated rings. The van der Waals surface area contributed by atoms with Crippen molar-refractivity contribution in [2.75, 3.05) is 33.3 Å². The molecular formula is C13H21F3N2O3. The van der Waals surface area contributed by atoms with Crippen LogP contribution in [0.2, 0.25) is 0 Å². The summed E-state index contributed by atoms with van der Waals surface area (Å²) >= 11 is 0. The van der Waals surface area contributed by atoms with E-state index in [1.165, 1.54) is 0 Å². The van der Waals surface area contributed by atoms with E-state index in [4.69, 9.17) is 0 Å². The molecule has 122 valence electrons. The van der Waals surface area contributed by atoms with E-state index in [-0.39, 0.29) is 13.0 Å². The summed E-state index contributed by atoms with van der Waals surface area (Å²) in [6, 6.07) is 0. The summed E-state index contributed by atoms with van der Waals surface area (Å²) in [6.45, 7) is 1.12. The summed E-state index contributed by atoms with van der Waals surface area (Å²) in [4.78, 5) is 24.3. The minimum atomic E-state index is -4.50. The number of amides is 1. The van der Waals surface area contributed by atoms with Gasteiger partial charge in [-0.1, -0.05) is 0 Å². The Morgan fingerprint density at radius 3 is 2.52 bits per heavy atom. The largest absolute Gasteiger partial charge is 0.469 e. The average Bonchev–Trinajstić information content (AvgIpc) is 2.41. The van der Waals surface area contributed by atoms with Crippen LogP contribution >= 0.6 is 0 Å². The molecule has 0 spiro atoms. The lowest BCUT2D eigenvalue weighted by molar-refractivity contribution is -0.169. The number of methoxy groups -OCH3 is 1. The molecular weight excluding hydrogens is 289 g/mol. The van der Waals surface area contributed by atoms with Gasteiger partial charge in [0.25, 0.3) is 0 Å². The van der Waals surface area contributed by atoms with Crippen molar-refractivity contribution in [1.82, 2.24) is 10.2 Å². The second-order valence-electron chi connectivity index (χ2n) is 5.51. The molecule has 0 radical (unpaired) electrons. The van der Waals surface area contributed by atoms with E-state index < -0.39 is 30.0 Å². The van der Waals surface area contributed by atoms with Crippen molar-refractivity contribution in [3.05, 3.63) is 0 Å². The van der Waals surface area contributed by atoms with Crippen molar-refractivity contribution < 1.29 is 27.5 Å². The number of nitrogens with one attached hydrogen (secondary N) is 1. The van der Waals surface area contributed by atoms with Gasteiger partial charge in [-0.05, 0) is 26.3 Å². The maximum Gasteiger partial charge on any atom is 0.406 e. The smallest absolute Gasteiger partial charge is 0.406 e. The normalized spacial score (nSPS) is 22.7. The van der Waals surface area contributed by atoms with E-state index in [9.17, 15) is 22.8 Å². The molecule has 0 aromatic rings. The Morgan fingerprint density at radius 1 is 1.38 bits per heavy atom. The zero-order valence-corrected chi connectivity index (χ0v) is 12.3. The Morgan fingerprint density at radius 2 is 2.05 bits per heavy atom. The Kier molecular flexibility index (Phi) is 6.00. The molecule has 0 bridgehead atoms. The van der Waals surface area contributed by atoms with E-state index in [0.717, 1.165) is 20.1 Å². The van der Waals surface area contributed by atoms with Gasteiger partial charge in [0.1, 0.15) is 6.54 Å². The molecule has 1 saturated heterocycles. The number of esters is 1. The first kappa shape index (κ1) is 17.7. The van der Waals surface area contributed by atoms with Gasteiger partial charge in [0.05, 0.1) is 18.9 Å². The highest BCUT2D eigenvalue weighted by atomic mass is 19.4. The summed E-state index contributed by atoms with van der Waals surface area (Å²) in [7, 11) is 1.16. The van der Waals surface area contributed by atoms with E-state index in [1.807, 2.05) is 0 Å². The molecule has 1 amide bonds. The standard InChI is InChI=1S/C13H21F3N2O3/c1-12(5-3-6-17-8-12)11(20)18(9-13(14,15)16)7-4-10(19)21-2/h17H,3-9H2,1-2H3. The van der Waals surface area contributed by atoms with Crippen molar-refractivity contribution >= 4 is 11.9 Å². The maximum atomic E-state index is 12.6. The molecule has 0 aromatic carbocycles. The topological polar surface area (TPSA) is 58.6 Å². The first-order chi connectivity index (χ1) is 9.68. The molecule has 8 heteroatoms. The van der Waals surface area contributed by atoms with Gasteiger partial charge in [0.15, 0.2) is 0 Å². The third kappa shape index (κ3) is 5.53. The van der Waals surface area contributed by atoms with Crippen LogP contribution in [0.25, 0.3) is 0 Å². The minimum Gasteiger partial charge on any atom is -0.469 e. The number of rotatable bonds is 5. The molecule has 1 unspecified atom stereocenters. The molecule has 1 N–H and O–H groups in total. The van der Waals surface area contributed by atoms with Crippen molar-refractivity contribution in [3.8, 4) is 0 Å². The Bertz CT molecular complexity index is 379. The SMILES string of the molecule is COC(=O)CCN(CC(F)(F)F)C(=O)C1(C)CCCNC1. The fourth-order valence-electron chi connectivity index (χ4n) is 2.42. The molecule has 5 nitrogen and oxygen atoms in total. The average molecular weight is 310 g/mol. The summed E-state index contributed by atoms with van der Waals surface area (Å²) in [6.07, 6.45) is -3.48. The van der Waals surface area contributed by atoms with Crippen molar-refractivity contribution in [3.63, 3.8) is 0 Å². The van der Waals surface area contributed by atoms with E-state index in [2.05, 4.69) is 10.1 Å². The number of hydrogen-bond donors (Lipinski definition) is 1. The lowest BCUT2D eigenvalue weighted by atomic mass is 9.81. The second-order valence-corrected chi connectivity index (χ2v) is 5.51. The summed E-state index contributed by atoms with van der Waals surface area (Å²) < 4.78 is 42.3. The molecule has 1 aliphatic heterocycles. The van der Waals surface area contributed by atoms with Gasteiger partial charge >= 0.3 is 12.1 Å². The van der Waals surface area contributed by atoms with Crippen LogP contribution in [0.3, 0.4) is 0 Å². The third-order valence-corrected chi connectivity index (χ3v) is 3.58. The van der Waals surface area contributed by atoms with E-state index in [1.54, 1.807) is 6.92 Å². The van der Waals surface area contributed by atoms with Gasteiger partial charge < -0.3 is 15.0 Å². The fourth-order valence-corrected chi connectivity index (χ4v) is 2.42. The van der Waals surface area contributed by atoms with Crippen molar-refractivity contribution in [2.24, 2.45) is 5.41 Å². The summed E-state index contributed by atoms with van der Waals surface area (Å²) in [5.41, 5.74) is -0.861. The molecule has 1 atom stereocenters. The van der Waals surface area contributed by atoms with Gasteiger partial charge in [-0.15, -0.1) is 0 Å². The van der Waals surface area contributed by atoms with Crippen LogP contribution in [0.4, 0.5) is 13.2 Å². The van der Waals surface area contributed by atoms with Gasteiger partial charge in [-0.25, -0.2) is 0 Å². The number of carbonyl (C=O) groups excluding carboxylic acids is 2. The fraction of sp³-hybridized carbons (Fsp3) is 0.846. The molecule has 1 heterocycles. The molecule has 1 aliphatic rings. The van der Waals surface area contributed by atoms with Crippen LogP contribution in [0, 0.1) is 5.41 Å². The van der Waals surface area contributed by atoms with E-state index in [0.29, 0.717) is 17.9 Å². The molecule has 1 rings (SSSR count). The van der Waals surface area contributed by atoms with Crippen molar-refractivity contribution in [2.45, 2.75) is 32.4 Å².